The van der Waals surface area contributed by atoms with Crippen LogP contribution in [0.15, 0.2) is 48.5 Å². The number of carbonyl (C=O) groups excluding carboxylic acids is 2. The van der Waals surface area contributed by atoms with Gasteiger partial charge < -0.3 is 15.4 Å². The third kappa shape index (κ3) is 3.99. The Morgan fingerprint density at radius 2 is 1.80 bits per heavy atom. The molecule has 1 heterocycles. The number of rotatable bonds is 3. The number of carbonyl (C=O) groups is 2. The van der Waals surface area contributed by atoms with Crippen LogP contribution in [0.5, 0.6) is 5.75 Å². The summed E-state index contributed by atoms with van der Waals surface area (Å²) < 4.78 is 5.64. The van der Waals surface area contributed by atoms with Gasteiger partial charge in [0.1, 0.15) is 5.75 Å². The van der Waals surface area contributed by atoms with E-state index < -0.39 is 6.10 Å². The highest BCUT2D eigenvalue weighted by molar-refractivity contribution is 6.01. The Kier molecular flexibility index (Phi) is 4.49. The van der Waals surface area contributed by atoms with Crippen molar-refractivity contribution in [2.75, 3.05) is 10.6 Å². The molecule has 2 aromatic rings. The molecule has 2 aromatic carbocycles. The molecule has 0 aliphatic carbocycles. The van der Waals surface area contributed by atoms with E-state index in [2.05, 4.69) is 31.4 Å². The van der Waals surface area contributed by atoms with Gasteiger partial charge in [0.15, 0.2) is 6.10 Å². The minimum Gasteiger partial charge on any atom is -0.478 e. The van der Waals surface area contributed by atoms with Gasteiger partial charge in [0.2, 0.25) is 5.91 Å². The zero-order valence-corrected chi connectivity index (χ0v) is 14.6. The second kappa shape index (κ2) is 6.59. The van der Waals surface area contributed by atoms with Gasteiger partial charge in [-0.3, -0.25) is 9.59 Å². The fourth-order valence-corrected chi connectivity index (χ4v) is 2.66. The third-order valence-electron chi connectivity index (χ3n) is 4.11. The molecule has 1 aliphatic rings. The summed E-state index contributed by atoms with van der Waals surface area (Å²) in [6.07, 6.45) is -0.870. The number of benzene rings is 2. The zero-order chi connectivity index (χ0) is 18.0. The SMILES string of the molecule is CC(C)(C)c1ccc(NC(=O)CC2Oc3ccccc3NC2=O)cc1. The van der Waals surface area contributed by atoms with Crippen LogP contribution in [0.4, 0.5) is 11.4 Å². The number of amides is 2. The number of hydrogen-bond donors (Lipinski definition) is 2. The van der Waals surface area contributed by atoms with E-state index in [4.69, 9.17) is 4.74 Å². The van der Waals surface area contributed by atoms with Gasteiger partial charge >= 0.3 is 0 Å². The van der Waals surface area contributed by atoms with Crippen LogP contribution in [-0.2, 0) is 15.0 Å². The molecule has 2 N–H and O–H groups in total. The van der Waals surface area contributed by atoms with E-state index in [1.54, 1.807) is 12.1 Å². The van der Waals surface area contributed by atoms with Crippen molar-refractivity contribution in [3.63, 3.8) is 0 Å². The maximum atomic E-state index is 12.2. The van der Waals surface area contributed by atoms with E-state index in [9.17, 15) is 9.59 Å². The van der Waals surface area contributed by atoms with Gasteiger partial charge in [0, 0.05) is 5.69 Å². The largest absolute Gasteiger partial charge is 0.478 e. The van der Waals surface area contributed by atoms with E-state index >= 15 is 0 Å². The molecule has 0 fully saturated rings. The van der Waals surface area contributed by atoms with Crippen molar-refractivity contribution in [2.45, 2.75) is 38.7 Å². The fourth-order valence-electron chi connectivity index (χ4n) is 2.66. The predicted molar refractivity (Wildman–Crippen MR) is 97.9 cm³/mol. The first-order valence-corrected chi connectivity index (χ1v) is 8.30. The van der Waals surface area contributed by atoms with Crippen molar-refractivity contribution in [3.05, 3.63) is 54.1 Å². The lowest BCUT2D eigenvalue weighted by Gasteiger charge is -2.25. The van der Waals surface area contributed by atoms with Crippen molar-refractivity contribution < 1.29 is 14.3 Å². The van der Waals surface area contributed by atoms with Crippen LogP contribution in [0.2, 0.25) is 0 Å². The zero-order valence-electron chi connectivity index (χ0n) is 14.6. The topological polar surface area (TPSA) is 67.4 Å². The molecule has 5 heteroatoms. The van der Waals surface area contributed by atoms with Gasteiger partial charge in [-0.25, -0.2) is 0 Å². The quantitative estimate of drug-likeness (QED) is 0.896. The molecule has 2 amide bonds. The predicted octanol–water partition coefficient (Wildman–Crippen LogP) is 3.71. The van der Waals surface area contributed by atoms with Gasteiger partial charge in [0.05, 0.1) is 12.1 Å². The van der Waals surface area contributed by atoms with Crippen LogP contribution >= 0.6 is 0 Å². The Hall–Kier alpha value is -2.82. The molecule has 1 atom stereocenters. The molecule has 130 valence electrons. The number of para-hydroxylation sites is 2. The van der Waals surface area contributed by atoms with Crippen LogP contribution in [0.1, 0.15) is 32.8 Å². The van der Waals surface area contributed by atoms with Crippen molar-refractivity contribution in [2.24, 2.45) is 0 Å². The van der Waals surface area contributed by atoms with Crippen LogP contribution < -0.4 is 15.4 Å². The highest BCUT2D eigenvalue weighted by Crippen LogP contribution is 2.29. The van der Waals surface area contributed by atoms with Gasteiger partial charge in [0.25, 0.3) is 5.91 Å². The highest BCUT2D eigenvalue weighted by atomic mass is 16.5. The molecular weight excluding hydrogens is 316 g/mol. The number of hydrogen-bond acceptors (Lipinski definition) is 3. The molecule has 0 aromatic heterocycles. The van der Waals surface area contributed by atoms with Gasteiger partial charge in [-0.05, 0) is 35.2 Å². The number of nitrogens with one attached hydrogen (secondary N) is 2. The second-order valence-corrected chi connectivity index (χ2v) is 7.17. The standard InChI is InChI=1S/C20H22N2O3/c1-20(2,3)13-8-10-14(11-9-13)21-18(23)12-17-19(24)22-15-6-4-5-7-16(15)25-17/h4-11,17H,12H2,1-3H3,(H,21,23)(H,22,24). The molecule has 5 nitrogen and oxygen atoms in total. The normalized spacial score (nSPS) is 16.4. The average Bonchev–Trinajstić information content (AvgIpc) is 2.55. The molecule has 1 aliphatic heterocycles. The van der Waals surface area contributed by atoms with Crippen LogP contribution in [-0.4, -0.2) is 17.9 Å². The minimum absolute atomic E-state index is 0.0405. The molecule has 0 spiro atoms. The summed E-state index contributed by atoms with van der Waals surface area (Å²) in [6.45, 7) is 6.41. The first kappa shape index (κ1) is 17.0. The lowest BCUT2D eigenvalue weighted by Crippen LogP contribution is -2.39. The third-order valence-corrected chi connectivity index (χ3v) is 4.11. The lowest BCUT2D eigenvalue weighted by atomic mass is 9.87. The van der Waals surface area contributed by atoms with Crippen LogP contribution in [0.3, 0.4) is 0 Å². The summed E-state index contributed by atoms with van der Waals surface area (Å²) in [5, 5.41) is 5.57. The summed E-state index contributed by atoms with van der Waals surface area (Å²) in [5.41, 5.74) is 2.58. The Morgan fingerprint density at radius 3 is 2.48 bits per heavy atom. The summed E-state index contributed by atoms with van der Waals surface area (Å²) in [7, 11) is 0. The first-order valence-electron chi connectivity index (χ1n) is 8.30. The number of fused-ring (bicyclic) bond motifs is 1. The second-order valence-electron chi connectivity index (χ2n) is 7.17. The fraction of sp³-hybridized carbons (Fsp3) is 0.300. The average molecular weight is 338 g/mol. The van der Waals surface area contributed by atoms with Gasteiger partial charge in [-0.2, -0.15) is 0 Å². The lowest BCUT2D eigenvalue weighted by molar-refractivity contribution is -0.128. The highest BCUT2D eigenvalue weighted by Gasteiger charge is 2.29. The molecular formula is C20H22N2O3. The van der Waals surface area contributed by atoms with E-state index in [1.807, 2.05) is 36.4 Å². The Labute approximate surface area is 147 Å². The van der Waals surface area contributed by atoms with Crippen molar-refractivity contribution >= 4 is 23.2 Å². The van der Waals surface area contributed by atoms with Crippen LogP contribution in [0, 0.1) is 0 Å². The maximum absolute atomic E-state index is 12.2. The van der Waals surface area contributed by atoms with Gasteiger partial charge in [-0.15, -0.1) is 0 Å². The summed E-state index contributed by atoms with van der Waals surface area (Å²) in [5.74, 6) is 0.00870. The number of anilines is 2. The van der Waals surface area contributed by atoms with Crippen molar-refractivity contribution in [1.82, 2.24) is 0 Å². The van der Waals surface area contributed by atoms with Crippen molar-refractivity contribution in [3.8, 4) is 5.75 Å². The van der Waals surface area contributed by atoms with Crippen LogP contribution in [0.25, 0.3) is 0 Å². The minimum atomic E-state index is -0.830. The molecule has 3 rings (SSSR count). The smallest absolute Gasteiger partial charge is 0.266 e. The van der Waals surface area contributed by atoms with E-state index in [0.717, 1.165) is 0 Å². The molecule has 0 saturated carbocycles. The van der Waals surface area contributed by atoms with E-state index in [0.29, 0.717) is 17.1 Å². The molecule has 0 radical (unpaired) electrons. The Balaban J connectivity index is 1.62. The molecule has 0 saturated heterocycles. The Morgan fingerprint density at radius 1 is 1.12 bits per heavy atom. The summed E-state index contributed by atoms with van der Waals surface area (Å²) in [6, 6.07) is 14.9. The van der Waals surface area contributed by atoms with E-state index in [-0.39, 0.29) is 23.7 Å². The monoisotopic (exact) mass is 338 g/mol. The summed E-state index contributed by atoms with van der Waals surface area (Å²) in [4.78, 5) is 24.3. The van der Waals surface area contributed by atoms with Gasteiger partial charge in [-0.1, -0.05) is 45.0 Å². The van der Waals surface area contributed by atoms with E-state index in [1.165, 1.54) is 5.56 Å². The number of ether oxygens (including phenoxy) is 1. The molecule has 0 bridgehead atoms. The summed E-state index contributed by atoms with van der Waals surface area (Å²) >= 11 is 0. The maximum Gasteiger partial charge on any atom is 0.266 e. The molecule has 25 heavy (non-hydrogen) atoms. The molecule has 1 unspecified atom stereocenters. The first-order chi connectivity index (χ1) is 11.8. The Bertz CT molecular complexity index is 791. The van der Waals surface area contributed by atoms with Crippen molar-refractivity contribution in [1.29, 1.82) is 0 Å².